The Balaban J connectivity index is 1.77. The summed E-state index contributed by atoms with van der Waals surface area (Å²) < 4.78 is 0. The Morgan fingerprint density at radius 1 is 1.44 bits per heavy atom. The smallest absolute Gasteiger partial charge is 0.0267 e. The van der Waals surface area contributed by atoms with E-state index in [1.54, 1.807) is 0 Å². The van der Waals surface area contributed by atoms with Crippen molar-refractivity contribution in [3.8, 4) is 0 Å². The van der Waals surface area contributed by atoms with Gasteiger partial charge in [-0.2, -0.15) is 0 Å². The van der Waals surface area contributed by atoms with E-state index in [1.807, 2.05) is 0 Å². The molecule has 0 aromatic heterocycles. The number of benzene rings is 1. The summed E-state index contributed by atoms with van der Waals surface area (Å²) in [6, 6.07) is 8.49. The number of aryl methyl sites for hydroxylation is 1. The van der Waals surface area contributed by atoms with Gasteiger partial charge >= 0.3 is 0 Å². The standard InChI is InChI=1S/C17H23N/c1-4-16-11-17(16)12-18-14(3)8-9-15-7-5-6-13(2)10-15/h5-10,16-18H,3-4,11-12H2,1-2H3/b9-8+. The minimum Gasteiger partial charge on any atom is -0.385 e. The molecule has 0 aliphatic heterocycles. The molecule has 1 aliphatic rings. The van der Waals surface area contributed by atoms with Crippen LogP contribution in [-0.4, -0.2) is 6.54 Å². The molecule has 2 atom stereocenters. The highest BCUT2D eigenvalue weighted by atomic mass is 14.9. The van der Waals surface area contributed by atoms with Crippen LogP contribution in [0.2, 0.25) is 0 Å². The van der Waals surface area contributed by atoms with E-state index in [9.17, 15) is 0 Å². The maximum atomic E-state index is 4.04. The van der Waals surface area contributed by atoms with E-state index >= 15 is 0 Å². The Morgan fingerprint density at radius 2 is 2.28 bits per heavy atom. The number of allylic oxidation sites excluding steroid dienone is 1. The van der Waals surface area contributed by atoms with Gasteiger partial charge < -0.3 is 5.32 Å². The van der Waals surface area contributed by atoms with Crippen LogP contribution in [0.4, 0.5) is 0 Å². The molecule has 2 rings (SSSR count). The maximum Gasteiger partial charge on any atom is 0.0267 e. The van der Waals surface area contributed by atoms with Crippen molar-refractivity contribution >= 4 is 6.08 Å². The summed E-state index contributed by atoms with van der Waals surface area (Å²) in [5.74, 6) is 1.82. The van der Waals surface area contributed by atoms with E-state index in [-0.39, 0.29) is 0 Å². The molecular weight excluding hydrogens is 218 g/mol. The molecular formula is C17H23N. The first-order valence-electron chi connectivity index (χ1n) is 6.86. The predicted octanol–water partition coefficient (Wildman–Crippen LogP) is 4.16. The molecule has 1 saturated carbocycles. The van der Waals surface area contributed by atoms with Gasteiger partial charge in [-0.05, 0) is 36.8 Å². The van der Waals surface area contributed by atoms with Crippen LogP contribution >= 0.6 is 0 Å². The van der Waals surface area contributed by atoms with Gasteiger partial charge in [0.15, 0.2) is 0 Å². The summed E-state index contributed by atoms with van der Waals surface area (Å²) in [6.45, 7) is 9.51. The topological polar surface area (TPSA) is 12.0 Å². The zero-order chi connectivity index (χ0) is 13.0. The number of nitrogens with one attached hydrogen (secondary N) is 1. The normalized spacial score (nSPS) is 22.1. The highest BCUT2D eigenvalue weighted by Gasteiger charge is 2.34. The second kappa shape index (κ2) is 5.90. The largest absolute Gasteiger partial charge is 0.385 e. The molecule has 2 unspecified atom stereocenters. The first-order chi connectivity index (χ1) is 8.69. The predicted molar refractivity (Wildman–Crippen MR) is 79.2 cm³/mol. The van der Waals surface area contributed by atoms with Gasteiger partial charge in [0.05, 0.1) is 0 Å². The van der Waals surface area contributed by atoms with E-state index in [0.717, 1.165) is 24.1 Å². The minimum atomic E-state index is 0.874. The summed E-state index contributed by atoms with van der Waals surface area (Å²) in [6.07, 6.45) is 6.89. The lowest BCUT2D eigenvalue weighted by Crippen LogP contribution is -2.14. The Morgan fingerprint density at radius 3 is 2.94 bits per heavy atom. The first-order valence-corrected chi connectivity index (χ1v) is 6.86. The van der Waals surface area contributed by atoms with Crippen LogP contribution in [0.5, 0.6) is 0 Å². The third kappa shape index (κ3) is 3.76. The number of hydrogen-bond donors (Lipinski definition) is 1. The first kappa shape index (κ1) is 12.9. The number of rotatable bonds is 6. The van der Waals surface area contributed by atoms with Crippen molar-refractivity contribution in [3.63, 3.8) is 0 Å². The van der Waals surface area contributed by atoms with E-state index < -0.39 is 0 Å². The highest BCUT2D eigenvalue weighted by Crippen LogP contribution is 2.40. The van der Waals surface area contributed by atoms with Gasteiger partial charge in [-0.3, -0.25) is 0 Å². The van der Waals surface area contributed by atoms with Crippen LogP contribution < -0.4 is 5.32 Å². The third-order valence-corrected chi connectivity index (χ3v) is 3.70. The van der Waals surface area contributed by atoms with Gasteiger partial charge in [0.2, 0.25) is 0 Å². The average Bonchev–Trinajstić information content (AvgIpc) is 3.13. The SMILES string of the molecule is C=C(/C=C/c1cccc(C)c1)NCC1CC1CC. The van der Waals surface area contributed by atoms with Crippen LogP contribution in [-0.2, 0) is 0 Å². The lowest BCUT2D eigenvalue weighted by molar-refractivity contribution is 0.641. The van der Waals surface area contributed by atoms with Crippen molar-refractivity contribution in [2.45, 2.75) is 26.7 Å². The van der Waals surface area contributed by atoms with E-state index in [1.165, 1.54) is 24.0 Å². The van der Waals surface area contributed by atoms with Crippen molar-refractivity contribution in [3.05, 3.63) is 53.7 Å². The molecule has 1 nitrogen and oxygen atoms in total. The summed E-state index contributed by atoms with van der Waals surface area (Å²) in [5.41, 5.74) is 3.54. The average molecular weight is 241 g/mol. The molecule has 1 aromatic carbocycles. The van der Waals surface area contributed by atoms with Crippen molar-refractivity contribution in [2.24, 2.45) is 11.8 Å². The fraction of sp³-hybridized carbons (Fsp3) is 0.412. The van der Waals surface area contributed by atoms with E-state index in [4.69, 9.17) is 0 Å². The summed E-state index contributed by atoms with van der Waals surface area (Å²) >= 11 is 0. The molecule has 1 aromatic rings. The van der Waals surface area contributed by atoms with Crippen LogP contribution in [0.15, 0.2) is 42.6 Å². The van der Waals surface area contributed by atoms with Crippen LogP contribution in [0.3, 0.4) is 0 Å². The highest BCUT2D eigenvalue weighted by molar-refractivity contribution is 5.53. The Bertz CT molecular complexity index is 445. The van der Waals surface area contributed by atoms with Gasteiger partial charge in [-0.15, -0.1) is 0 Å². The van der Waals surface area contributed by atoms with Gasteiger partial charge in [0, 0.05) is 12.2 Å². The molecule has 1 fully saturated rings. The number of hydrogen-bond acceptors (Lipinski definition) is 1. The molecule has 1 heteroatoms. The fourth-order valence-electron chi connectivity index (χ4n) is 2.35. The van der Waals surface area contributed by atoms with Crippen molar-refractivity contribution in [1.29, 1.82) is 0 Å². The molecule has 0 saturated heterocycles. The van der Waals surface area contributed by atoms with Crippen molar-refractivity contribution in [2.75, 3.05) is 6.54 Å². The van der Waals surface area contributed by atoms with Crippen molar-refractivity contribution in [1.82, 2.24) is 5.32 Å². The van der Waals surface area contributed by atoms with Crippen LogP contribution in [0, 0.1) is 18.8 Å². The van der Waals surface area contributed by atoms with Gasteiger partial charge in [-0.1, -0.05) is 55.8 Å². The Hall–Kier alpha value is -1.50. The molecule has 18 heavy (non-hydrogen) atoms. The monoisotopic (exact) mass is 241 g/mol. The van der Waals surface area contributed by atoms with E-state index in [2.05, 4.69) is 62.2 Å². The molecule has 0 spiro atoms. The lowest BCUT2D eigenvalue weighted by atomic mass is 10.1. The lowest BCUT2D eigenvalue weighted by Gasteiger charge is -2.05. The Kier molecular flexibility index (Phi) is 4.24. The van der Waals surface area contributed by atoms with E-state index in [0.29, 0.717) is 0 Å². The van der Waals surface area contributed by atoms with Gasteiger partial charge in [-0.25, -0.2) is 0 Å². The summed E-state index contributed by atoms with van der Waals surface area (Å²) in [5, 5.41) is 3.41. The molecule has 0 bridgehead atoms. The summed E-state index contributed by atoms with van der Waals surface area (Å²) in [4.78, 5) is 0. The molecule has 0 amide bonds. The summed E-state index contributed by atoms with van der Waals surface area (Å²) in [7, 11) is 0. The Labute approximate surface area is 111 Å². The van der Waals surface area contributed by atoms with Gasteiger partial charge in [0.1, 0.15) is 0 Å². The maximum absolute atomic E-state index is 4.04. The van der Waals surface area contributed by atoms with Gasteiger partial charge in [0.25, 0.3) is 0 Å². The molecule has 1 aliphatic carbocycles. The molecule has 0 radical (unpaired) electrons. The molecule has 96 valence electrons. The quantitative estimate of drug-likeness (QED) is 0.737. The van der Waals surface area contributed by atoms with Crippen LogP contribution in [0.1, 0.15) is 30.9 Å². The van der Waals surface area contributed by atoms with Crippen molar-refractivity contribution < 1.29 is 0 Å². The van der Waals surface area contributed by atoms with Crippen LogP contribution in [0.25, 0.3) is 6.08 Å². The second-order valence-electron chi connectivity index (χ2n) is 5.32. The fourth-order valence-corrected chi connectivity index (χ4v) is 2.35. The third-order valence-electron chi connectivity index (χ3n) is 3.70. The zero-order valence-corrected chi connectivity index (χ0v) is 11.4. The zero-order valence-electron chi connectivity index (χ0n) is 11.4. The molecule has 0 heterocycles. The minimum absolute atomic E-state index is 0.874. The molecule has 1 N–H and O–H groups in total. The second-order valence-corrected chi connectivity index (χ2v) is 5.32.